The fraction of sp³-hybridized carbons (Fsp3) is 0.462. The van der Waals surface area contributed by atoms with Crippen LogP contribution in [-0.2, 0) is 4.74 Å². The molecule has 0 fully saturated rings. The van der Waals surface area contributed by atoms with Crippen LogP contribution < -0.4 is 0 Å². The van der Waals surface area contributed by atoms with Crippen molar-refractivity contribution in [1.29, 1.82) is 0 Å². The normalized spacial score (nSPS) is 12.7. The molecule has 1 atom stereocenters. The first-order valence-corrected chi connectivity index (χ1v) is 5.43. The van der Waals surface area contributed by atoms with Gasteiger partial charge in [-0.05, 0) is 24.5 Å². The maximum atomic E-state index is 9.25. The third kappa shape index (κ3) is 3.65. The molecule has 15 heavy (non-hydrogen) atoms. The van der Waals surface area contributed by atoms with Crippen LogP contribution in [0.25, 0.3) is 0 Å². The van der Waals surface area contributed by atoms with E-state index in [9.17, 15) is 5.11 Å². The predicted octanol–water partition coefficient (Wildman–Crippen LogP) is 2.72. The fourth-order valence-corrected chi connectivity index (χ4v) is 1.46. The van der Waals surface area contributed by atoms with Crippen molar-refractivity contribution < 1.29 is 9.84 Å². The van der Waals surface area contributed by atoms with Gasteiger partial charge in [-0.3, -0.25) is 0 Å². The van der Waals surface area contributed by atoms with Gasteiger partial charge in [0, 0.05) is 6.61 Å². The molecule has 83 valence electrons. The minimum atomic E-state index is -0.231. The summed E-state index contributed by atoms with van der Waals surface area (Å²) in [6.07, 6.45) is 1.89. The lowest BCUT2D eigenvalue weighted by molar-refractivity contribution is 0.0102. The van der Waals surface area contributed by atoms with E-state index in [4.69, 9.17) is 4.74 Å². The summed E-state index contributed by atoms with van der Waals surface area (Å²) >= 11 is 0. The van der Waals surface area contributed by atoms with Gasteiger partial charge in [0.05, 0.1) is 6.61 Å². The van der Waals surface area contributed by atoms with Gasteiger partial charge in [0.15, 0.2) is 0 Å². The molecule has 0 amide bonds. The molecule has 0 saturated heterocycles. The number of hydrogen-bond donors (Lipinski definition) is 1. The largest absolute Gasteiger partial charge is 0.393 e. The second-order valence-electron chi connectivity index (χ2n) is 3.59. The Kier molecular flexibility index (Phi) is 5.37. The van der Waals surface area contributed by atoms with Crippen LogP contribution in [0.15, 0.2) is 24.3 Å². The third-order valence-electron chi connectivity index (χ3n) is 2.38. The monoisotopic (exact) mass is 207 g/mol. The Morgan fingerprint density at radius 2 is 2.13 bits per heavy atom. The molecule has 0 aliphatic heterocycles. The summed E-state index contributed by atoms with van der Waals surface area (Å²) in [4.78, 5) is 0. The molecule has 2 heteroatoms. The highest BCUT2D eigenvalue weighted by molar-refractivity contribution is 5.31. The Morgan fingerprint density at radius 3 is 2.73 bits per heavy atom. The third-order valence-corrected chi connectivity index (χ3v) is 2.38. The Morgan fingerprint density at radius 1 is 1.40 bits per heavy atom. The van der Waals surface area contributed by atoms with E-state index >= 15 is 0 Å². The molecular formula is C13H19O2. The van der Waals surface area contributed by atoms with E-state index in [0.717, 1.165) is 24.0 Å². The quantitative estimate of drug-likeness (QED) is 0.727. The first kappa shape index (κ1) is 12.2. The van der Waals surface area contributed by atoms with Crippen molar-refractivity contribution in [1.82, 2.24) is 0 Å². The van der Waals surface area contributed by atoms with Crippen LogP contribution >= 0.6 is 0 Å². The van der Waals surface area contributed by atoms with Crippen molar-refractivity contribution in [2.75, 3.05) is 13.2 Å². The molecule has 1 unspecified atom stereocenters. The lowest BCUT2D eigenvalue weighted by atomic mass is 10.0. The van der Waals surface area contributed by atoms with Crippen molar-refractivity contribution >= 4 is 0 Å². The van der Waals surface area contributed by atoms with E-state index in [2.05, 4.69) is 13.8 Å². The van der Waals surface area contributed by atoms with Crippen molar-refractivity contribution in [3.05, 3.63) is 42.3 Å². The van der Waals surface area contributed by atoms with Gasteiger partial charge in [0.25, 0.3) is 0 Å². The summed E-state index contributed by atoms with van der Waals surface area (Å²) in [5, 5.41) is 9.25. The van der Waals surface area contributed by atoms with Gasteiger partial charge in [-0.25, -0.2) is 0 Å². The molecular weight excluding hydrogens is 188 g/mol. The summed E-state index contributed by atoms with van der Waals surface area (Å²) in [6.45, 7) is 6.74. The standard InChI is InChI=1S/C13H19O2/c1-3-4-9-15-13(10-14)12-8-6-5-7-11(12)2/h5-8,13-14H,2-4,9-10H2,1H3. The van der Waals surface area contributed by atoms with Crippen molar-refractivity contribution in [3.8, 4) is 0 Å². The molecule has 0 aliphatic carbocycles. The molecule has 0 heterocycles. The van der Waals surface area contributed by atoms with E-state index in [1.807, 2.05) is 24.3 Å². The Labute approximate surface area is 91.9 Å². The maximum absolute atomic E-state index is 9.25. The highest BCUT2D eigenvalue weighted by atomic mass is 16.5. The van der Waals surface area contributed by atoms with Crippen molar-refractivity contribution in [2.45, 2.75) is 25.9 Å². The smallest absolute Gasteiger partial charge is 0.106 e. The van der Waals surface area contributed by atoms with Crippen LogP contribution in [0.2, 0.25) is 0 Å². The van der Waals surface area contributed by atoms with Gasteiger partial charge in [-0.1, -0.05) is 37.6 Å². The van der Waals surface area contributed by atoms with E-state index in [-0.39, 0.29) is 12.7 Å². The lowest BCUT2D eigenvalue weighted by Gasteiger charge is -2.17. The summed E-state index contributed by atoms with van der Waals surface area (Å²) in [6, 6.07) is 7.76. The molecule has 1 radical (unpaired) electrons. The van der Waals surface area contributed by atoms with Crippen LogP contribution in [0.5, 0.6) is 0 Å². The number of benzene rings is 1. The second-order valence-corrected chi connectivity index (χ2v) is 3.59. The summed E-state index contributed by atoms with van der Waals surface area (Å²) in [7, 11) is 0. The molecule has 0 spiro atoms. The summed E-state index contributed by atoms with van der Waals surface area (Å²) < 4.78 is 5.61. The highest BCUT2D eigenvalue weighted by Crippen LogP contribution is 2.20. The zero-order valence-electron chi connectivity index (χ0n) is 9.28. The van der Waals surface area contributed by atoms with Gasteiger partial charge >= 0.3 is 0 Å². The average Bonchev–Trinajstić information content (AvgIpc) is 2.26. The molecule has 2 nitrogen and oxygen atoms in total. The zero-order valence-corrected chi connectivity index (χ0v) is 9.28. The number of aliphatic hydroxyl groups is 1. The first-order chi connectivity index (χ1) is 7.29. The number of ether oxygens (including phenoxy) is 1. The van der Waals surface area contributed by atoms with E-state index in [1.54, 1.807) is 0 Å². The van der Waals surface area contributed by atoms with Crippen LogP contribution in [0.4, 0.5) is 0 Å². The van der Waals surface area contributed by atoms with Crippen LogP contribution in [0, 0.1) is 6.92 Å². The second kappa shape index (κ2) is 6.59. The van der Waals surface area contributed by atoms with Crippen LogP contribution in [0.1, 0.15) is 37.0 Å². The van der Waals surface area contributed by atoms with Crippen LogP contribution in [0.3, 0.4) is 0 Å². The van der Waals surface area contributed by atoms with Gasteiger partial charge < -0.3 is 9.84 Å². The Balaban J connectivity index is 2.61. The summed E-state index contributed by atoms with van der Waals surface area (Å²) in [5.74, 6) is 0. The molecule has 1 N–H and O–H groups in total. The number of hydrogen-bond acceptors (Lipinski definition) is 2. The maximum Gasteiger partial charge on any atom is 0.106 e. The molecule has 0 aliphatic rings. The van der Waals surface area contributed by atoms with Gasteiger partial charge in [0.2, 0.25) is 0 Å². The molecule has 0 bridgehead atoms. The Bertz CT molecular complexity index is 284. The molecule has 1 aromatic rings. The van der Waals surface area contributed by atoms with Gasteiger partial charge in [-0.2, -0.15) is 0 Å². The zero-order chi connectivity index (χ0) is 11.1. The van der Waals surface area contributed by atoms with Crippen molar-refractivity contribution in [3.63, 3.8) is 0 Å². The molecule has 1 rings (SSSR count). The minimum absolute atomic E-state index is 0.0102. The van der Waals surface area contributed by atoms with E-state index in [0.29, 0.717) is 6.61 Å². The van der Waals surface area contributed by atoms with E-state index in [1.165, 1.54) is 0 Å². The molecule has 0 saturated carbocycles. The number of aliphatic hydroxyl groups excluding tert-OH is 1. The number of unbranched alkanes of at least 4 members (excludes halogenated alkanes) is 1. The lowest BCUT2D eigenvalue weighted by Crippen LogP contribution is -2.11. The predicted molar refractivity (Wildman–Crippen MR) is 61.6 cm³/mol. The minimum Gasteiger partial charge on any atom is -0.393 e. The topological polar surface area (TPSA) is 29.5 Å². The average molecular weight is 207 g/mol. The first-order valence-electron chi connectivity index (χ1n) is 5.43. The fourth-order valence-electron chi connectivity index (χ4n) is 1.46. The molecule has 1 aromatic carbocycles. The van der Waals surface area contributed by atoms with Gasteiger partial charge in [0.1, 0.15) is 6.10 Å². The van der Waals surface area contributed by atoms with E-state index < -0.39 is 0 Å². The SMILES string of the molecule is [CH2]c1ccccc1C(CO)OCCCC. The highest BCUT2D eigenvalue weighted by Gasteiger charge is 2.12. The number of rotatable bonds is 6. The Hall–Kier alpha value is -0.860. The van der Waals surface area contributed by atoms with Crippen molar-refractivity contribution in [2.24, 2.45) is 0 Å². The molecule has 0 aromatic heterocycles. The summed E-state index contributed by atoms with van der Waals surface area (Å²) in [5.41, 5.74) is 1.91. The van der Waals surface area contributed by atoms with Crippen LogP contribution in [-0.4, -0.2) is 18.3 Å². The van der Waals surface area contributed by atoms with Gasteiger partial charge in [-0.15, -0.1) is 0 Å².